The number of fused-ring (bicyclic) bond motifs is 1. The molecule has 0 aromatic heterocycles. The van der Waals surface area contributed by atoms with Crippen LogP contribution in [-0.2, 0) is 53.9 Å². The number of cyclic esters (lactones) is 1. The van der Waals surface area contributed by atoms with E-state index in [1.54, 1.807) is 51.8 Å². The summed E-state index contributed by atoms with van der Waals surface area (Å²) in [7, 11) is 3.13. The summed E-state index contributed by atoms with van der Waals surface area (Å²) >= 11 is 12.7. The maximum absolute atomic E-state index is 15.3. The van der Waals surface area contributed by atoms with Crippen LogP contribution in [0.5, 0.6) is 0 Å². The van der Waals surface area contributed by atoms with Gasteiger partial charge in [0, 0.05) is 63.1 Å². The topological polar surface area (TPSA) is 172 Å². The van der Waals surface area contributed by atoms with Crippen molar-refractivity contribution in [2.75, 3.05) is 20.8 Å². The van der Waals surface area contributed by atoms with Gasteiger partial charge in [0.2, 0.25) is 0 Å². The van der Waals surface area contributed by atoms with Crippen molar-refractivity contribution in [1.82, 2.24) is 9.80 Å². The lowest BCUT2D eigenvalue weighted by Gasteiger charge is -2.52. The van der Waals surface area contributed by atoms with Gasteiger partial charge in [-0.15, -0.1) is 0 Å². The first-order valence-corrected chi connectivity index (χ1v) is 28.8. The molecule has 1 aromatic rings. The molecule has 7 aliphatic rings. The number of ketones is 1. The Morgan fingerprint density at radius 3 is 1.99 bits per heavy atom. The predicted molar refractivity (Wildman–Crippen MR) is 280 cm³/mol. The molecule has 2 N–H and O–H groups in total. The van der Waals surface area contributed by atoms with Crippen molar-refractivity contribution in [2.24, 2.45) is 35.5 Å². The number of hydrogen-bond acceptors (Lipinski definition) is 14. The molecule has 20 atom stereocenters. The highest BCUT2D eigenvalue weighted by molar-refractivity contribution is 6.42. The number of likely N-dealkylation sites (tertiary alicyclic amines) is 1. The fourth-order valence-electron chi connectivity index (χ4n) is 14.6. The molecule has 2 aliphatic carbocycles. The number of carbonyl (C=O) groups excluding carboxylic acids is 3. The lowest BCUT2D eigenvalue weighted by atomic mass is 9.73. The first-order chi connectivity index (χ1) is 35.0. The number of ether oxygens (including phenoxy) is 8. The number of carbonyl (C=O) groups is 3. The molecule has 20 unspecified atom stereocenters. The van der Waals surface area contributed by atoms with Gasteiger partial charge >= 0.3 is 12.1 Å². The van der Waals surface area contributed by atoms with Crippen LogP contribution in [0.3, 0.4) is 0 Å². The van der Waals surface area contributed by atoms with Crippen molar-refractivity contribution in [1.29, 1.82) is 0 Å². The van der Waals surface area contributed by atoms with Crippen molar-refractivity contribution in [2.45, 2.75) is 249 Å². The van der Waals surface area contributed by atoms with Gasteiger partial charge in [0.05, 0.1) is 57.6 Å². The molecule has 0 radical (unpaired) electrons. The minimum absolute atomic E-state index is 0.131. The third kappa shape index (κ3) is 11.2. The standard InChI is InChI=1S/C57H88Cl2N2O13/c1-13-44-57(10)49(60(54(66)74-57)25-24-36-20-21-39(58)40(59)27-36)32(4)46(62)30(2)28-56(9,68-12)51(33(5)48(34(6)52(65)71-44)72-45-29-55(8,67-11)50(64)35(7)70-45)73-53-47(63)43(26-31(3)69-53)61-41(37-16-14-17-37)22-23-42(61)38-18-15-19-38/h20-21,27,30-35,37-38,41-45,47-51,53,63-64H,13-19,22-26,28-29H2,1-12H3. The molecule has 74 heavy (non-hydrogen) atoms. The molecular formula is C57H88Cl2N2O13. The SMILES string of the molecule is CCC1OC(=O)C(C)C(OC2CC(C)(OC)C(O)C(C)O2)C(C)C(OC2OC(C)CC(N3C(C4CCC4)CCC3C3CCC3)C2O)C(C)(OC)CC(C)C(=O)C(C)C2N(CCc3ccc(Cl)c(Cl)c3)C(=O)OC12C. The molecule has 15 nitrogen and oxygen atoms in total. The summed E-state index contributed by atoms with van der Waals surface area (Å²) in [6.07, 6.45) is 2.56. The maximum atomic E-state index is 15.3. The summed E-state index contributed by atoms with van der Waals surface area (Å²) in [6, 6.07) is 5.04. The fraction of sp³-hybridized carbons (Fsp3) is 0.842. The van der Waals surface area contributed by atoms with Crippen molar-refractivity contribution in [3.63, 3.8) is 0 Å². The largest absolute Gasteiger partial charge is 0.458 e. The van der Waals surface area contributed by atoms with Crippen molar-refractivity contribution < 1.29 is 62.5 Å². The number of amides is 1. The van der Waals surface area contributed by atoms with Crippen LogP contribution in [0, 0.1) is 35.5 Å². The highest BCUT2D eigenvalue weighted by atomic mass is 35.5. The number of esters is 1. The number of benzene rings is 1. The van der Waals surface area contributed by atoms with E-state index < -0.39 is 108 Å². The van der Waals surface area contributed by atoms with E-state index in [1.807, 2.05) is 47.6 Å². The molecular weight excluding hydrogens is 992 g/mol. The zero-order valence-electron chi connectivity index (χ0n) is 46.1. The predicted octanol–water partition coefficient (Wildman–Crippen LogP) is 9.33. The summed E-state index contributed by atoms with van der Waals surface area (Å²) in [5.41, 5.74) is -2.95. The van der Waals surface area contributed by atoms with E-state index in [4.69, 9.17) is 61.1 Å². The van der Waals surface area contributed by atoms with Crippen LogP contribution >= 0.6 is 23.2 Å². The summed E-state index contributed by atoms with van der Waals surface area (Å²) in [5, 5.41) is 24.9. The Labute approximate surface area is 450 Å². The van der Waals surface area contributed by atoms with Crippen LogP contribution in [-0.4, -0.2) is 155 Å². The number of methoxy groups -OCH3 is 2. The van der Waals surface area contributed by atoms with E-state index in [0.717, 1.165) is 18.4 Å². The maximum Gasteiger partial charge on any atom is 0.410 e. The summed E-state index contributed by atoms with van der Waals surface area (Å²) in [5.74, 6) is -2.74. The fourth-order valence-corrected chi connectivity index (χ4v) is 14.9. The molecule has 7 fully saturated rings. The van der Waals surface area contributed by atoms with Gasteiger partial charge in [-0.2, -0.15) is 0 Å². The third-order valence-electron chi connectivity index (χ3n) is 19.4. The molecule has 8 rings (SSSR count). The Kier molecular flexibility index (Phi) is 18.3. The normalized spacial score (nSPS) is 44.3. The summed E-state index contributed by atoms with van der Waals surface area (Å²) in [4.78, 5) is 49.0. The van der Waals surface area contributed by atoms with Crippen LogP contribution in [0.4, 0.5) is 4.79 Å². The minimum Gasteiger partial charge on any atom is -0.458 e. The number of rotatable bonds is 13. The molecule has 5 saturated heterocycles. The zero-order chi connectivity index (χ0) is 53.8. The van der Waals surface area contributed by atoms with E-state index in [1.165, 1.54) is 45.6 Å². The Hall–Kier alpha value is -2.15. The molecule has 0 bridgehead atoms. The number of nitrogens with zero attached hydrogens (tertiary/aromatic N) is 2. The van der Waals surface area contributed by atoms with Crippen LogP contribution < -0.4 is 0 Å². The minimum atomic E-state index is -1.46. The first-order valence-electron chi connectivity index (χ1n) is 28.0. The van der Waals surface area contributed by atoms with Crippen molar-refractivity contribution in [3.05, 3.63) is 33.8 Å². The molecule has 1 amide bonds. The van der Waals surface area contributed by atoms with Crippen LogP contribution in [0.1, 0.15) is 152 Å². The lowest BCUT2D eigenvalue weighted by Crippen LogP contribution is -2.64. The highest BCUT2D eigenvalue weighted by Gasteiger charge is 2.61. The number of hydrogen-bond donors (Lipinski definition) is 2. The zero-order valence-corrected chi connectivity index (χ0v) is 47.6. The summed E-state index contributed by atoms with van der Waals surface area (Å²) < 4.78 is 52.9. The molecule has 2 saturated carbocycles. The average Bonchev–Trinajstić information content (AvgIpc) is 3.85. The van der Waals surface area contributed by atoms with Gasteiger partial charge in [-0.1, -0.05) is 69.8 Å². The van der Waals surface area contributed by atoms with Crippen LogP contribution in [0.15, 0.2) is 18.2 Å². The second kappa shape index (κ2) is 23.3. The van der Waals surface area contributed by atoms with E-state index in [2.05, 4.69) is 4.90 Å². The number of aliphatic hydroxyl groups excluding tert-OH is 2. The second-order valence-corrected chi connectivity index (χ2v) is 25.0. The summed E-state index contributed by atoms with van der Waals surface area (Å²) in [6.45, 7) is 18.7. The molecule has 0 spiro atoms. The van der Waals surface area contributed by atoms with Gasteiger partial charge < -0.3 is 48.1 Å². The van der Waals surface area contributed by atoms with E-state index in [0.29, 0.717) is 46.8 Å². The number of aliphatic hydroxyl groups is 2. The molecule has 5 heterocycles. The van der Waals surface area contributed by atoms with Gasteiger partial charge in [-0.25, -0.2) is 4.79 Å². The Bertz CT molecular complexity index is 2110. The van der Waals surface area contributed by atoms with E-state index in [9.17, 15) is 15.0 Å². The Balaban J connectivity index is 1.18. The number of Topliss-reactive ketones (excluding diaryl/α,β-unsaturated/α-hetero) is 1. The van der Waals surface area contributed by atoms with Gasteiger partial charge in [-0.3, -0.25) is 19.4 Å². The van der Waals surface area contributed by atoms with Gasteiger partial charge in [-0.05, 0) is 135 Å². The van der Waals surface area contributed by atoms with Gasteiger partial charge in [0.1, 0.15) is 24.1 Å². The van der Waals surface area contributed by atoms with E-state index >= 15 is 9.59 Å². The Morgan fingerprint density at radius 2 is 1.42 bits per heavy atom. The first kappa shape index (κ1) is 58.0. The van der Waals surface area contributed by atoms with Gasteiger partial charge in [0.15, 0.2) is 18.2 Å². The molecule has 5 aliphatic heterocycles. The highest BCUT2D eigenvalue weighted by Crippen LogP contribution is 2.49. The Morgan fingerprint density at radius 1 is 0.784 bits per heavy atom. The number of halogens is 2. The smallest absolute Gasteiger partial charge is 0.410 e. The average molecular weight is 1080 g/mol. The second-order valence-electron chi connectivity index (χ2n) is 24.2. The van der Waals surface area contributed by atoms with Crippen molar-refractivity contribution in [3.8, 4) is 0 Å². The van der Waals surface area contributed by atoms with Gasteiger partial charge in [0.25, 0.3) is 0 Å². The quantitative estimate of drug-likeness (QED) is 0.179. The van der Waals surface area contributed by atoms with Crippen LogP contribution in [0.2, 0.25) is 10.0 Å². The molecule has 418 valence electrons. The molecule has 1 aromatic carbocycles. The third-order valence-corrected chi connectivity index (χ3v) is 20.1. The van der Waals surface area contributed by atoms with Crippen LogP contribution in [0.25, 0.3) is 0 Å². The monoisotopic (exact) mass is 1080 g/mol. The van der Waals surface area contributed by atoms with Crippen molar-refractivity contribution >= 4 is 41.0 Å². The molecule has 17 heteroatoms. The lowest BCUT2D eigenvalue weighted by molar-refractivity contribution is -0.321. The van der Waals surface area contributed by atoms with E-state index in [-0.39, 0.29) is 43.7 Å².